The van der Waals surface area contributed by atoms with Crippen molar-refractivity contribution in [1.82, 2.24) is 0 Å². The Morgan fingerprint density at radius 2 is 1.73 bits per heavy atom. The molecule has 4 heteroatoms. The van der Waals surface area contributed by atoms with E-state index in [2.05, 4.69) is 5.32 Å². The van der Waals surface area contributed by atoms with Gasteiger partial charge in [0.25, 0.3) is 5.91 Å². The maximum Gasteiger partial charge on any atom is 0.262 e. The maximum atomic E-state index is 11.9. The molecule has 0 saturated carbocycles. The van der Waals surface area contributed by atoms with Gasteiger partial charge < -0.3 is 10.1 Å². The Bertz CT molecular complexity index is 687. The molecule has 0 aromatic heterocycles. The van der Waals surface area contributed by atoms with Crippen molar-refractivity contribution in [1.29, 1.82) is 0 Å². The van der Waals surface area contributed by atoms with Crippen LogP contribution in [0.5, 0.6) is 5.75 Å². The highest BCUT2D eigenvalue weighted by Crippen LogP contribution is 2.16. The van der Waals surface area contributed by atoms with E-state index in [1.807, 2.05) is 32.0 Å². The van der Waals surface area contributed by atoms with Gasteiger partial charge in [0.05, 0.1) is 0 Å². The van der Waals surface area contributed by atoms with Crippen molar-refractivity contribution in [3.05, 3.63) is 59.2 Å². The molecule has 0 unspecified atom stereocenters. The summed E-state index contributed by atoms with van der Waals surface area (Å²) in [5.74, 6) is 0.368. The fourth-order valence-corrected chi connectivity index (χ4v) is 2.18. The average Bonchev–Trinajstić information content (AvgIpc) is 2.44. The molecule has 0 bridgehead atoms. The minimum Gasteiger partial charge on any atom is -0.484 e. The van der Waals surface area contributed by atoms with E-state index in [0.29, 0.717) is 17.0 Å². The van der Waals surface area contributed by atoms with Crippen molar-refractivity contribution in [2.45, 2.75) is 20.8 Å². The van der Waals surface area contributed by atoms with Crippen molar-refractivity contribution < 1.29 is 14.3 Å². The Balaban J connectivity index is 1.95. The molecular weight excluding hydrogens is 278 g/mol. The molecule has 2 aromatic carbocycles. The summed E-state index contributed by atoms with van der Waals surface area (Å²) in [6.45, 7) is 5.37. The van der Waals surface area contributed by atoms with Crippen molar-refractivity contribution in [3.63, 3.8) is 0 Å². The van der Waals surface area contributed by atoms with Gasteiger partial charge in [-0.05, 0) is 56.2 Å². The number of aryl methyl sites for hydroxylation is 2. The number of hydrogen-bond donors (Lipinski definition) is 1. The Labute approximate surface area is 130 Å². The van der Waals surface area contributed by atoms with E-state index in [9.17, 15) is 9.59 Å². The van der Waals surface area contributed by atoms with Crippen LogP contribution in [0.4, 0.5) is 5.69 Å². The van der Waals surface area contributed by atoms with E-state index in [0.717, 1.165) is 11.1 Å². The lowest BCUT2D eigenvalue weighted by atomic mass is 10.1. The number of Topliss-reactive ketones (excluding diaryl/α,β-unsaturated/α-hetero) is 1. The number of ketones is 1. The summed E-state index contributed by atoms with van der Waals surface area (Å²) in [7, 11) is 0. The van der Waals surface area contributed by atoms with Crippen LogP contribution >= 0.6 is 0 Å². The molecule has 1 N–H and O–H groups in total. The Kier molecular flexibility index (Phi) is 4.94. The molecule has 0 aliphatic rings. The Morgan fingerprint density at radius 1 is 1.05 bits per heavy atom. The van der Waals surface area contributed by atoms with E-state index in [1.165, 1.54) is 6.92 Å². The minimum atomic E-state index is -0.264. The van der Waals surface area contributed by atoms with Crippen LogP contribution in [0.3, 0.4) is 0 Å². The zero-order chi connectivity index (χ0) is 16.1. The molecule has 0 atom stereocenters. The first-order valence-corrected chi connectivity index (χ1v) is 7.06. The van der Waals surface area contributed by atoms with Crippen LogP contribution in [0.2, 0.25) is 0 Å². The fraction of sp³-hybridized carbons (Fsp3) is 0.222. The molecule has 4 nitrogen and oxygen atoms in total. The molecule has 0 radical (unpaired) electrons. The molecule has 0 saturated heterocycles. The molecule has 2 aromatic rings. The molecule has 0 fully saturated rings. The van der Waals surface area contributed by atoms with Crippen LogP contribution in [0.1, 0.15) is 28.4 Å². The average molecular weight is 297 g/mol. The number of carbonyl (C=O) groups excluding carboxylic acids is 2. The number of nitrogens with one attached hydrogen (secondary N) is 1. The van der Waals surface area contributed by atoms with Gasteiger partial charge in [-0.25, -0.2) is 0 Å². The van der Waals surface area contributed by atoms with E-state index >= 15 is 0 Å². The lowest BCUT2D eigenvalue weighted by molar-refractivity contribution is -0.118. The van der Waals surface area contributed by atoms with E-state index < -0.39 is 0 Å². The monoisotopic (exact) mass is 297 g/mol. The summed E-state index contributed by atoms with van der Waals surface area (Å²) in [6.07, 6.45) is 0. The Hall–Kier alpha value is -2.62. The van der Waals surface area contributed by atoms with Gasteiger partial charge in [0.1, 0.15) is 5.75 Å². The van der Waals surface area contributed by atoms with Crippen LogP contribution in [0.15, 0.2) is 42.5 Å². The van der Waals surface area contributed by atoms with Crippen LogP contribution in [-0.4, -0.2) is 18.3 Å². The normalized spacial score (nSPS) is 10.1. The first kappa shape index (κ1) is 15.8. The Morgan fingerprint density at radius 3 is 2.36 bits per heavy atom. The van der Waals surface area contributed by atoms with Gasteiger partial charge >= 0.3 is 0 Å². The summed E-state index contributed by atoms with van der Waals surface area (Å²) in [6, 6.07) is 12.6. The SMILES string of the molecule is CC(=O)c1cccc(NC(=O)COc2cc(C)cc(C)c2)c1. The van der Waals surface area contributed by atoms with E-state index in [4.69, 9.17) is 4.74 Å². The van der Waals surface area contributed by atoms with Gasteiger partial charge in [0.2, 0.25) is 0 Å². The number of amides is 1. The van der Waals surface area contributed by atoms with Crippen molar-refractivity contribution >= 4 is 17.4 Å². The fourth-order valence-electron chi connectivity index (χ4n) is 2.18. The first-order chi connectivity index (χ1) is 10.4. The van der Waals surface area contributed by atoms with Gasteiger partial charge in [-0.15, -0.1) is 0 Å². The summed E-state index contributed by atoms with van der Waals surface area (Å²) < 4.78 is 5.50. The standard InChI is InChI=1S/C18H19NO3/c1-12-7-13(2)9-17(8-12)22-11-18(21)19-16-6-4-5-15(10-16)14(3)20/h4-10H,11H2,1-3H3,(H,19,21). The topological polar surface area (TPSA) is 55.4 Å². The second-order valence-corrected chi connectivity index (χ2v) is 5.30. The summed E-state index contributed by atoms with van der Waals surface area (Å²) in [5.41, 5.74) is 3.32. The third-order valence-electron chi connectivity index (χ3n) is 3.12. The van der Waals surface area contributed by atoms with Crippen molar-refractivity contribution in [2.24, 2.45) is 0 Å². The molecule has 1 amide bonds. The van der Waals surface area contributed by atoms with Gasteiger partial charge in [-0.1, -0.05) is 18.2 Å². The van der Waals surface area contributed by atoms with E-state index in [-0.39, 0.29) is 18.3 Å². The molecule has 114 valence electrons. The summed E-state index contributed by atoms with van der Waals surface area (Å²) in [5, 5.41) is 2.72. The molecular formula is C18H19NO3. The largest absolute Gasteiger partial charge is 0.484 e. The van der Waals surface area contributed by atoms with E-state index in [1.54, 1.807) is 24.3 Å². The molecule has 0 aliphatic carbocycles. The molecule has 22 heavy (non-hydrogen) atoms. The number of rotatable bonds is 5. The van der Waals surface area contributed by atoms with Crippen LogP contribution < -0.4 is 10.1 Å². The molecule has 0 heterocycles. The predicted octanol–water partition coefficient (Wildman–Crippen LogP) is 3.52. The zero-order valence-electron chi connectivity index (χ0n) is 13.0. The lowest BCUT2D eigenvalue weighted by Gasteiger charge is -2.09. The van der Waals surface area contributed by atoms with Gasteiger partial charge in [-0.2, -0.15) is 0 Å². The number of hydrogen-bond acceptors (Lipinski definition) is 3. The second-order valence-electron chi connectivity index (χ2n) is 5.30. The minimum absolute atomic E-state index is 0.0393. The molecule has 0 spiro atoms. The smallest absolute Gasteiger partial charge is 0.262 e. The number of anilines is 1. The van der Waals surface area contributed by atoms with Crippen molar-refractivity contribution in [2.75, 3.05) is 11.9 Å². The first-order valence-electron chi connectivity index (χ1n) is 7.06. The summed E-state index contributed by atoms with van der Waals surface area (Å²) in [4.78, 5) is 23.2. The van der Waals surface area contributed by atoms with Crippen LogP contribution in [0, 0.1) is 13.8 Å². The number of carbonyl (C=O) groups is 2. The van der Waals surface area contributed by atoms with Gasteiger partial charge in [0.15, 0.2) is 12.4 Å². The summed E-state index contributed by atoms with van der Waals surface area (Å²) >= 11 is 0. The maximum absolute atomic E-state index is 11.9. The number of benzene rings is 2. The highest BCUT2D eigenvalue weighted by molar-refractivity contribution is 5.97. The van der Waals surface area contributed by atoms with Gasteiger partial charge in [0, 0.05) is 11.3 Å². The molecule has 0 aliphatic heterocycles. The number of ether oxygens (including phenoxy) is 1. The lowest BCUT2D eigenvalue weighted by Crippen LogP contribution is -2.20. The van der Waals surface area contributed by atoms with Crippen LogP contribution in [0.25, 0.3) is 0 Å². The second kappa shape index (κ2) is 6.89. The molecule has 2 rings (SSSR count). The highest BCUT2D eigenvalue weighted by atomic mass is 16.5. The third-order valence-corrected chi connectivity index (χ3v) is 3.12. The zero-order valence-corrected chi connectivity index (χ0v) is 13.0. The highest BCUT2D eigenvalue weighted by Gasteiger charge is 2.06. The predicted molar refractivity (Wildman–Crippen MR) is 86.5 cm³/mol. The van der Waals surface area contributed by atoms with Crippen molar-refractivity contribution in [3.8, 4) is 5.75 Å². The van der Waals surface area contributed by atoms with Crippen LogP contribution in [-0.2, 0) is 4.79 Å². The van der Waals surface area contributed by atoms with Gasteiger partial charge in [-0.3, -0.25) is 9.59 Å². The third kappa shape index (κ3) is 4.45. The quantitative estimate of drug-likeness (QED) is 0.859.